The molecular formula is C17H25NO3S. The molecule has 1 aromatic heterocycles. The van der Waals surface area contributed by atoms with Gasteiger partial charge < -0.3 is 10.1 Å². The van der Waals surface area contributed by atoms with E-state index in [0.717, 1.165) is 30.6 Å². The second-order valence-electron chi connectivity index (χ2n) is 5.87. The van der Waals surface area contributed by atoms with Crippen LogP contribution in [0.3, 0.4) is 0 Å². The summed E-state index contributed by atoms with van der Waals surface area (Å²) in [6, 6.07) is 2.09. The van der Waals surface area contributed by atoms with Crippen molar-refractivity contribution in [2.24, 2.45) is 5.92 Å². The zero-order valence-electron chi connectivity index (χ0n) is 13.6. The molecule has 1 aliphatic rings. The zero-order chi connectivity index (χ0) is 16.1. The molecule has 1 N–H and O–H groups in total. The van der Waals surface area contributed by atoms with E-state index >= 15 is 0 Å². The molecule has 122 valence electrons. The van der Waals surface area contributed by atoms with Crippen molar-refractivity contribution in [1.29, 1.82) is 0 Å². The van der Waals surface area contributed by atoms with Crippen molar-refractivity contribution in [2.45, 2.75) is 58.9 Å². The van der Waals surface area contributed by atoms with E-state index in [1.165, 1.54) is 10.4 Å². The predicted octanol–water partition coefficient (Wildman–Crippen LogP) is 3.47. The molecule has 1 fully saturated rings. The van der Waals surface area contributed by atoms with Crippen molar-refractivity contribution >= 4 is 23.2 Å². The third kappa shape index (κ3) is 4.09. The Labute approximate surface area is 136 Å². The van der Waals surface area contributed by atoms with Gasteiger partial charge in [-0.1, -0.05) is 13.3 Å². The van der Waals surface area contributed by atoms with E-state index in [-0.39, 0.29) is 23.8 Å². The second kappa shape index (κ2) is 7.77. The Bertz CT molecular complexity index is 538. The lowest BCUT2D eigenvalue weighted by molar-refractivity contribution is -0.147. The van der Waals surface area contributed by atoms with Gasteiger partial charge in [0.15, 0.2) is 0 Å². The van der Waals surface area contributed by atoms with Crippen LogP contribution in [-0.4, -0.2) is 24.5 Å². The molecule has 1 saturated carbocycles. The molecule has 1 aromatic rings. The minimum Gasteiger partial charge on any atom is -0.466 e. The first-order valence-corrected chi connectivity index (χ1v) is 8.93. The monoisotopic (exact) mass is 323 g/mol. The van der Waals surface area contributed by atoms with Crippen molar-refractivity contribution < 1.29 is 14.3 Å². The maximum atomic E-state index is 12.4. The minimum absolute atomic E-state index is 0.00929. The summed E-state index contributed by atoms with van der Waals surface area (Å²) in [5, 5.41) is 3.07. The first kappa shape index (κ1) is 17.0. The fourth-order valence-electron chi connectivity index (χ4n) is 2.99. The molecule has 0 radical (unpaired) electrons. The molecule has 2 unspecified atom stereocenters. The second-order valence-corrected chi connectivity index (χ2v) is 7.13. The van der Waals surface area contributed by atoms with Crippen LogP contribution in [0.4, 0.5) is 0 Å². The smallest absolute Gasteiger partial charge is 0.308 e. The number of hydrogen-bond acceptors (Lipinski definition) is 4. The number of carbonyl (C=O) groups excluding carboxylic acids is 2. The first-order chi connectivity index (χ1) is 10.5. The van der Waals surface area contributed by atoms with Crippen molar-refractivity contribution in [1.82, 2.24) is 5.32 Å². The molecule has 0 bridgehead atoms. The van der Waals surface area contributed by atoms with Crippen LogP contribution < -0.4 is 5.32 Å². The van der Waals surface area contributed by atoms with Crippen molar-refractivity contribution in [3.63, 3.8) is 0 Å². The van der Waals surface area contributed by atoms with Gasteiger partial charge in [0.2, 0.25) is 0 Å². The van der Waals surface area contributed by atoms with E-state index in [0.29, 0.717) is 13.0 Å². The Morgan fingerprint density at radius 2 is 2.14 bits per heavy atom. The van der Waals surface area contributed by atoms with E-state index in [1.807, 2.05) is 13.0 Å². The molecule has 4 nitrogen and oxygen atoms in total. The van der Waals surface area contributed by atoms with E-state index in [2.05, 4.69) is 19.2 Å². The van der Waals surface area contributed by atoms with E-state index in [1.54, 1.807) is 11.3 Å². The maximum absolute atomic E-state index is 12.4. The van der Waals surface area contributed by atoms with Crippen LogP contribution in [0.2, 0.25) is 0 Å². The van der Waals surface area contributed by atoms with Gasteiger partial charge >= 0.3 is 5.97 Å². The van der Waals surface area contributed by atoms with Gasteiger partial charge in [-0.2, -0.15) is 0 Å². The van der Waals surface area contributed by atoms with Crippen LogP contribution in [-0.2, 0) is 16.0 Å². The molecule has 1 amide bonds. The average molecular weight is 323 g/mol. The summed E-state index contributed by atoms with van der Waals surface area (Å²) in [4.78, 5) is 26.1. The van der Waals surface area contributed by atoms with Gasteiger partial charge in [0, 0.05) is 10.9 Å². The van der Waals surface area contributed by atoms with Crippen LogP contribution in [0.25, 0.3) is 0 Å². The van der Waals surface area contributed by atoms with E-state index < -0.39 is 0 Å². The Kier molecular flexibility index (Phi) is 6.00. The minimum atomic E-state index is -0.128. The summed E-state index contributed by atoms with van der Waals surface area (Å²) in [5.41, 5.74) is 1.27. The average Bonchev–Trinajstić information content (AvgIpc) is 3.07. The third-order valence-corrected chi connectivity index (χ3v) is 5.24. The standard InChI is InChI=1S/C17H25NO3S/c1-4-6-12-10-15(22-11(12)3)16(19)18-14-8-7-13(9-14)17(20)21-5-2/h10,13-14H,4-9H2,1-3H3,(H,18,19). The zero-order valence-corrected chi connectivity index (χ0v) is 14.4. The first-order valence-electron chi connectivity index (χ1n) is 8.11. The number of hydrogen-bond donors (Lipinski definition) is 1. The Morgan fingerprint density at radius 3 is 2.82 bits per heavy atom. The topological polar surface area (TPSA) is 55.4 Å². The lowest BCUT2D eigenvalue weighted by Gasteiger charge is -2.12. The maximum Gasteiger partial charge on any atom is 0.308 e. The molecule has 2 atom stereocenters. The highest BCUT2D eigenvalue weighted by molar-refractivity contribution is 7.14. The molecule has 2 rings (SSSR count). The Balaban J connectivity index is 1.90. The van der Waals surface area contributed by atoms with Crippen LogP contribution in [0.15, 0.2) is 6.07 Å². The molecule has 0 saturated heterocycles. The lowest BCUT2D eigenvalue weighted by atomic mass is 10.1. The van der Waals surface area contributed by atoms with Crippen molar-refractivity contribution in [3.05, 3.63) is 21.4 Å². The van der Waals surface area contributed by atoms with Crippen LogP contribution in [0.5, 0.6) is 0 Å². The highest BCUT2D eigenvalue weighted by Crippen LogP contribution is 2.28. The number of ether oxygens (including phenoxy) is 1. The summed E-state index contributed by atoms with van der Waals surface area (Å²) in [5.74, 6) is -0.201. The summed E-state index contributed by atoms with van der Waals surface area (Å²) in [7, 11) is 0. The molecule has 0 spiro atoms. The van der Waals surface area contributed by atoms with Crippen LogP contribution in [0.1, 0.15) is 59.6 Å². The fourth-order valence-corrected chi connectivity index (χ4v) is 3.97. The quantitative estimate of drug-likeness (QED) is 0.816. The fraction of sp³-hybridized carbons (Fsp3) is 0.647. The largest absolute Gasteiger partial charge is 0.466 e. The van der Waals surface area contributed by atoms with Gasteiger partial charge in [-0.05, 0) is 51.2 Å². The van der Waals surface area contributed by atoms with Gasteiger partial charge in [-0.3, -0.25) is 9.59 Å². The molecule has 1 aliphatic carbocycles. The molecule has 22 heavy (non-hydrogen) atoms. The molecular weight excluding hydrogens is 298 g/mol. The molecule has 5 heteroatoms. The normalized spacial score (nSPS) is 20.9. The number of thiophene rings is 1. The SMILES string of the molecule is CCCc1cc(C(=O)NC2CCC(C(=O)OCC)C2)sc1C. The summed E-state index contributed by atoms with van der Waals surface area (Å²) in [6.07, 6.45) is 4.44. The van der Waals surface area contributed by atoms with Gasteiger partial charge in [0.05, 0.1) is 17.4 Å². The summed E-state index contributed by atoms with van der Waals surface area (Å²) in [6.45, 7) is 6.45. The number of rotatable bonds is 6. The van der Waals surface area contributed by atoms with E-state index in [9.17, 15) is 9.59 Å². The van der Waals surface area contributed by atoms with E-state index in [4.69, 9.17) is 4.74 Å². The summed E-state index contributed by atoms with van der Waals surface area (Å²) >= 11 is 1.56. The lowest BCUT2D eigenvalue weighted by Crippen LogP contribution is -2.33. The number of nitrogens with one attached hydrogen (secondary N) is 1. The number of amides is 1. The Hall–Kier alpha value is -1.36. The molecule has 1 heterocycles. The molecule has 0 aliphatic heterocycles. The number of aryl methyl sites for hydroxylation is 2. The summed E-state index contributed by atoms with van der Waals surface area (Å²) < 4.78 is 5.06. The molecule has 0 aromatic carbocycles. The van der Waals surface area contributed by atoms with Crippen molar-refractivity contribution in [3.8, 4) is 0 Å². The highest BCUT2D eigenvalue weighted by atomic mass is 32.1. The van der Waals surface area contributed by atoms with Crippen LogP contribution >= 0.6 is 11.3 Å². The number of carbonyl (C=O) groups is 2. The predicted molar refractivity (Wildman–Crippen MR) is 88.3 cm³/mol. The van der Waals surface area contributed by atoms with Crippen LogP contribution in [0, 0.1) is 12.8 Å². The number of esters is 1. The van der Waals surface area contributed by atoms with Crippen molar-refractivity contribution in [2.75, 3.05) is 6.61 Å². The third-order valence-electron chi connectivity index (χ3n) is 4.15. The Morgan fingerprint density at radius 1 is 1.36 bits per heavy atom. The van der Waals surface area contributed by atoms with Gasteiger partial charge in [0.25, 0.3) is 5.91 Å². The van der Waals surface area contributed by atoms with Gasteiger partial charge in [0.1, 0.15) is 0 Å². The van der Waals surface area contributed by atoms with Gasteiger partial charge in [-0.15, -0.1) is 11.3 Å². The van der Waals surface area contributed by atoms with Gasteiger partial charge in [-0.25, -0.2) is 0 Å². The highest BCUT2D eigenvalue weighted by Gasteiger charge is 2.32.